The van der Waals surface area contributed by atoms with Crippen LogP contribution in [-0.4, -0.2) is 33.9 Å². The fourth-order valence-corrected chi connectivity index (χ4v) is 1.57. The van der Waals surface area contributed by atoms with Crippen molar-refractivity contribution < 1.29 is 18.3 Å². The molecule has 0 aliphatic heterocycles. The van der Waals surface area contributed by atoms with Gasteiger partial charge in [0.1, 0.15) is 5.75 Å². The maximum atomic E-state index is 13.9. The molecule has 0 saturated heterocycles. The van der Waals surface area contributed by atoms with Crippen LogP contribution < -0.4 is 10.1 Å². The molecule has 18 heavy (non-hydrogen) atoms. The Morgan fingerprint density at radius 3 is 2.61 bits per heavy atom. The molecule has 0 spiro atoms. The van der Waals surface area contributed by atoms with Gasteiger partial charge in [0.05, 0.1) is 20.3 Å². The number of ether oxygens (including phenoxy) is 2. The highest BCUT2D eigenvalue weighted by Gasteiger charge is 2.31. The summed E-state index contributed by atoms with van der Waals surface area (Å²) < 4.78 is 37.6. The van der Waals surface area contributed by atoms with E-state index in [1.165, 1.54) is 26.4 Å². The van der Waals surface area contributed by atoms with Crippen LogP contribution in [0.1, 0.15) is 11.1 Å². The summed E-state index contributed by atoms with van der Waals surface area (Å²) in [5, 5.41) is 2.66. The lowest BCUT2D eigenvalue weighted by Crippen LogP contribution is -2.32. The number of hydrogen-bond acceptors (Lipinski definition) is 3. The van der Waals surface area contributed by atoms with E-state index in [0.29, 0.717) is 18.9 Å². The summed E-state index contributed by atoms with van der Waals surface area (Å²) in [7, 11) is 3.01. The quantitative estimate of drug-likeness (QED) is 0.762. The largest absolute Gasteiger partial charge is 0.496 e. The highest BCUT2D eigenvalue weighted by molar-refractivity contribution is 5.38. The lowest BCUT2D eigenvalue weighted by molar-refractivity contribution is -0.00434. The van der Waals surface area contributed by atoms with Crippen LogP contribution >= 0.6 is 0 Å². The minimum Gasteiger partial charge on any atom is -0.496 e. The molecule has 0 unspecified atom stereocenters. The van der Waals surface area contributed by atoms with E-state index in [1.54, 1.807) is 6.07 Å². The molecule has 5 heteroatoms. The van der Waals surface area contributed by atoms with E-state index in [0.717, 1.165) is 5.56 Å². The Labute approximate surface area is 106 Å². The normalized spacial score (nSPS) is 11.6. The number of aryl methyl sites for hydroxylation is 1. The van der Waals surface area contributed by atoms with Gasteiger partial charge >= 0.3 is 0 Å². The van der Waals surface area contributed by atoms with Crippen LogP contribution in [-0.2, 0) is 10.7 Å². The predicted octanol–water partition coefficient (Wildman–Crippen LogP) is 2.33. The Morgan fingerprint density at radius 2 is 2.00 bits per heavy atom. The maximum absolute atomic E-state index is 13.9. The van der Waals surface area contributed by atoms with Crippen LogP contribution in [0.15, 0.2) is 18.2 Å². The Morgan fingerprint density at radius 1 is 1.28 bits per heavy atom. The molecule has 0 heterocycles. The Balaban J connectivity index is 2.71. The molecule has 3 nitrogen and oxygen atoms in total. The van der Waals surface area contributed by atoms with E-state index in [9.17, 15) is 8.78 Å². The van der Waals surface area contributed by atoms with Crippen LogP contribution in [0.25, 0.3) is 0 Å². The Bertz CT molecular complexity index is 383. The molecule has 0 aliphatic rings. The molecular formula is C13H19F2NO2. The van der Waals surface area contributed by atoms with Crippen molar-refractivity contribution in [2.75, 3.05) is 33.9 Å². The topological polar surface area (TPSA) is 30.5 Å². The summed E-state index contributed by atoms with van der Waals surface area (Å²) in [5.41, 5.74) is 0.791. The SMILES string of the molecule is COCCNCC(F)(F)c1ccc(C)c(OC)c1. The number of benzene rings is 1. The van der Waals surface area contributed by atoms with Crippen LogP contribution in [0.3, 0.4) is 0 Å². The van der Waals surface area contributed by atoms with E-state index < -0.39 is 12.5 Å². The standard InChI is InChI=1S/C13H19F2NO2/c1-10-4-5-11(8-12(10)18-3)13(14,15)9-16-6-7-17-2/h4-5,8,16H,6-7,9H2,1-3H3. The second-order valence-corrected chi connectivity index (χ2v) is 4.06. The summed E-state index contributed by atoms with van der Waals surface area (Å²) in [4.78, 5) is 0. The molecule has 102 valence electrons. The molecule has 1 N–H and O–H groups in total. The van der Waals surface area contributed by atoms with Crippen molar-refractivity contribution >= 4 is 0 Å². The Hall–Kier alpha value is -1.20. The van der Waals surface area contributed by atoms with E-state index in [4.69, 9.17) is 9.47 Å². The molecule has 0 amide bonds. The van der Waals surface area contributed by atoms with Gasteiger partial charge in [-0.05, 0) is 18.6 Å². The zero-order valence-corrected chi connectivity index (χ0v) is 10.9. The van der Waals surface area contributed by atoms with Gasteiger partial charge in [0, 0.05) is 19.2 Å². The van der Waals surface area contributed by atoms with Gasteiger partial charge in [0.25, 0.3) is 5.92 Å². The van der Waals surface area contributed by atoms with Gasteiger partial charge < -0.3 is 14.8 Å². The van der Waals surface area contributed by atoms with Crippen molar-refractivity contribution in [1.29, 1.82) is 0 Å². The van der Waals surface area contributed by atoms with Crippen LogP contribution in [0.4, 0.5) is 8.78 Å². The van der Waals surface area contributed by atoms with Crippen LogP contribution in [0, 0.1) is 6.92 Å². The third kappa shape index (κ3) is 3.92. The van der Waals surface area contributed by atoms with E-state index in [-0.39, 0.29) is 5.56 Å². The molecule has 0 radical (unpaired) electrons. The summed E-state index contributed by atoms with van der Waals surface area (Å²) >= 11 is 0. The van der Waals surface area contributed by atoms with Gasteiger partial charge in [-0.25, -0.2) is 0 Å². The number of halogens is 2. The first-order chi connectivity index (χ1) is 8.51. The lowest BCUT2D eigenvalue weighted by Gasteiger charge is -2.18. The average molecular weight is 259 g/mol. The third-order valence-electron chi connectivity index (χ3n) is 2.66. The first-order valence-electron chi connectivity index (χ1n) is 5.74. The smallest absolute Gasteiger partial charge is 0.285 e. The lowest BCUT2D eigenvalue weighted by atomic mass is 10.1. The second-order valence-electron chi connectivity index (χ2n) is 4.06. The molecule has 0 bridgehead atoms. The monoisotopic (exact) mass is 259 g/mol. The number of hydrogen-bond donors (Lipinski definition) is 1. The van der Waals surface area contributed by atoms with Gasteiger partial charge in [-0.1, -0.05) is 12.1 Å². The minimum atomic E-state index is -2.92. The van der Waals surface area contributed by atoms with Crippen LogP contribution in [0.5, 0.6) is 5.75 Å². The zero-order chi connectivity index (χ0) is 13.6. The van der Waals surface area contributed by atoms with Crippen LogP contribution in [0.2, 0.25) is 0 Å². The first-order valence-corrected chi connectivity index (χ1v) is 5.74. The highest BCUT2D eigenvalue weighted by atomic mass is 19.3. The minimum absolute atomic E-state index is 0.0464. The van der Waals surface area contributed by atoms with E-state index >= 15 is 0 Å². The van der Waals surface area contributed by atoms with Crippen molar-refractivity contribution in [3.05, 3.63) is 29.3 Å². The van der Waals surface area contributed by atoms with Crippen molar-refractivity contribution in [2.24, 2.45) is 0 Å². The molecule has 0 fully saturated rings. The van der Waals surface area contributed by atoms with Crippen molar-refractivity contribution in [2.45, 2.75) is 12.8 Å². The first kappa shape index (κ1) is 14.9. The molecule has 0 aliphatic carbocycles. The summed E-state index contributed by atoms with van der Waals surface area (Å²) in [6.07, 6.45) is 0. The molecule has 1 rings (SSSR count). The van der Waals surface area contributed by atoms with Gasteiger partial charge in [0.15, 0.2) is 0 Å². The van der Waals surface area contributed by atoms with Gasteiger partial charge in [0.2, 0.25) is 0 Å². The van der Waals surface area contributed by atoms with Crippen molar-refractivity contribution in [3.8, 4) is 5.75 Å². The molecule has 0 aromatic heterocycles. The molecular weight excluding hydrogens is 240 g/mol. The van der Waals surface area contributed by atoms with Crippen molar-refractivity contribution in [1.82, 2.24) is 5.32 Å². The van der Waals surface area contributed by atoms with Gasteiger partial charge in [-0.3, -0.25) is 0 Å². The number of nitrogens with one attached hydrogen (secondary N) is 1. The zero-order valence-electron chi connectivity index (χ0n) is 10.9. The predicted molar refractivity (Wildman–Crippen MR) is 66.4 cm³/mol. The fourth-order valence-electron chi connectivity index (χ4n) is 1.57. The maximum Gasteiger partial charge on any atom is 0.285 e. The molecule has 0 atom stereocenters. The molecule has 1 aromatic carbocycles. The number of alkyl halides is 2. The average Bonchev–Trinajstić information content (AvgIpc) is 2.35. The molecule has 0 saturated carbocycles. The van der Waals surface area contributed by atoms with Gasteiger partial charge in [-0.15, -0.1) is 0 Å². The third-order valence-corrected chi connectivity index (χ3v) is 2.66. The van der Waals surface area contributed by atoms with Gasteiger partial charge in [-0.2, -0.15) is 8.78 Å². The number of methoxy groups -OCH3 is 2. The number of rotatable bonds is 7. The van der Waals surface area contributed by atoms with Crippen molar-refractivity contribution in [3.63, 3.8) is 0 Å². The highest BCUT2D eigenvalue weighted by Crippen LogP contribution is 2.31. The summed E-state index contributed by atoms with van der Waals surface area (Å²) in [6.45, 7) is 2.21. The summed E-state index contributed by atoms with van der Waals surface area (Å²) in [6, 6.07) is 4.44. The fraction of sp³-hybridized carbons (Fsp3) is 0.538. The Kier molecular flexibility index (Phi) is 5.50. The second kappa shape index (κ2) is 6.66. The van der Waals surface area contributed by atoms with E-state index in [1.807, 2.05) is 6.92 Å². The molecule has 1 aromatic rings. The summed E-state index contributed by atoms with van der Waals surface area (Å²) in [5.74, 6) is -2.45. The van der Waals surface area contributed by atoms with E-state index in [2.05, 4.69) is 5.32 Å².